The number of hydrogen-bond donors (Lipinski definition) is 0. The number of hydrogen-bond acceptors (Lipinski definition) is 6. The highest BCUT2D eigenvalue weighted by Crippen LogP contribution is 2.35. The molecule has 0 radical (unpaired) electrons. The van der Waals surface area contributed by atoms with E-state index in [0.29, 0.717) is 23.3 Å². The molecular weight excluding hydrogens is 348 g/mol. The van der Waals surface area contributed by atoms with Crippen LogP contribution in [0.5, 0.6) is 5.75 Å². The lowest BCUT2D eigenvalue weighted by atomic mass is 10.0. The SMILES string of the molecule is C/C(=C\COc1c2occc2cc2ccc(=O)oc12)C[C@@H]1C[C@H](C)C(=O)O1. The molecule has 4 rings (SSSR count). The van der Waals surface area contributed by atoms with Gasteiger partial charge in [0.25, 0.3) is 0 Å². The van der Waals surface area contributed by atoms with E-state index in [1.54, 1.807) is 12.3 Å². The van der Waals surface area contributed by atoms with Gasteiger partial charge in [0, 0.05) is 23.3 Å². The van der Waals surface area contributed by atoms with Crippen molar-refractivity contribution in [1.29, 1.82) is 0 Å². The number of furan rings is 1. The highest BCUT2D eigenvalue weighted by molar-refractivity contribution is 5.99. The summed E-state index contributed by atoms with van der Waals surface area (Å²) >= 11 is 0. The van der Waals surface area contributed by atoms with Gasteiger partial charge in [-0.05, 0) is 37.6 Å². The van der Waals surface area contributed by atoms with E-state index in [-0.39, 0.29) is 24.6 Å². The van der Waals surface area contributed by atoms with Crippen molar-refractivity contribution >= 4 is 27.9 Å². The molecule has 140 valence electrons. The molecule has 1 aliphatic rings. The molecule has 27 heavy (non-hydrogen) atoms. The van der Waals surface area contributed by atoms with Gasteiger partial charge in [0.05, 0.1) is 12.2 Å². The van der Waals surface area contributed by atoms with Crippen LogP contribution >= 0.6 is 0 Å². The zero-order chi connectivity index (χ0) is 19.0. The zero-order valence-electron chi connectivity index (χ0n) is 15.2. The minimum atomic E-state index is -0.442. The molecule has 0 spiro atoms. The van der Waals surface area contributed by atoms with Crippen LogP contribution in [0.1, 0.15) is 26.7 Å². The summed E-state index contributed by atoms with van der Waals surface area (Å²) in [6, 6.07) is 6.81. The molecule has 0 aliphatic carbocycles. The Hall–Kier alpha value is -3.02. The van der Waals surface area contributed by atoms with Crippen molar-refractivity contribution in [3.8, 4) is 5.75 Å². The fraction of sp³-hybridized carbons (Fsp3) is 0.333. The van der Waals surface area contributed by atoms with Crippen LogP contribution in [0.4, 0.5) is 0 Å². The fourth-order valence-electron chi connectivity index (χ4n) is 3.39. The monoisotopic (exact) mass is 368 g/mol. The maximum absolute atomic E-state index is 11.6. The number of rotatable bonds is 5. The van der Waals surface area contributed by atoms with Gasteiger partial charge < -0.3 is 18.3 Å². The molecule has 2 aromatic heterocycles. The molecule has 2 atom stereocenters. The Kier molecular flexibility index (Phi) is 4.48. The van der Waals surface area contributed by atoms with Crippen LogP contribution in [0.25, 0.3) is 21.9 Å². The quantitative estimate of drug-likeness (QED) is 0.381. The van der Waals surface area contributed by atoms with Crippen LogP contribution in [0.3, 0.4) is 0 Å². The van der Waals surface area contributed by atoms with Crippen molar-refractivity contribution in [3.63, 3.8) is 0 Å². The van der Waals surface area contributed by atoms with Crippen LogP contribution in [0.15, 0.2) is 55.8 Å². The average molecular weight is 368 g/mol. The Balaban J connectivity index is 1.54. The summed E-state index contributed by atoms with van der Waals surface area (Å²) in [7, 11) is 0. The molecule has 0 amide bonds. The van der Waals surface area contributed by atoms with Gasteiger partial charge in [-0.1, -0.05) is 12.5 Å². The van der Waals surface area contributed by atoms with Gasteiger partial charge in [0.1, 0.15) is 12.7 Å². The van der Waals surface area contributed by atoms with Gasteiger partial charge in [-0.25, -0.2) is 4.79 Å². The highest BCUT2D eigenvalue weighted by atomic mass is 16.6. The van der Waals surface area contributed by atoms with Gasteiger partial charge in [-0.3, -0.25) is 4.79 Å². The third-order valence-corrected chi connectivity index (χ3v) is 4.79. The van der Waals surface area contributed by atoms with E-state index in [0.717, 1.165) is 22.8 Å². The number of cyclic esters (lactones) is 1. The maximum Gasteiger partial charge on any atom is 0.336 e. The molecule has 0 bridgehead atoms. The summed E-state index contributed by atoms with van der Waals surface area (Å²) in [5.74, 6) is 0.245. The number of ether oxygens (including phenoxy) is 2. The van der Waals surface area contributed by atoms with E-state index in [2.05, 4.69) is 0 Å². The van der Waals surface area contributed by atoms with E-state index in [4.69, 9.17) is 18.3 Å². The predicted octanol–water partition coefficient (Wildman–Crippen LogP) is 4.21. The first-order valence-electron chi connectivity index (χ1n) is 8.94. The summed E-state index contributed by atoms with van der Waals surface area (Å²) in [6.45, 7) is 4.15. The highest BCUT2D eigenvalue weighted by Gasteiger charge is 2.30. The van der Waals surface area contributed by atoms with Crippen molar-refractivity contribution in [2.24, 2.45) is 5.92 Å². The number of carbonyl (C=O) groups is 1. The first-order chi connectivity index (χ1) is 13.0. The van der Waals surface area contributed by atoms with Crippen molar-refractivity contribution < 1.29 is 23.1 Å². The first-order valence-corrected chi connectivity index (χ1v) is 8.94. The third-order valence-electron chi connectivity index (χ3n) is 4.79. The molecule has 0 N–H and O–H groups in total. The largest absolute Gasteiger partial charge is 0.482 e. The second-order valence-corrected chi connectivity index (χ2v) is 6.98. The standard InChI is InChI=1S/C21H20O6/c1-12(9-16-10-13(2)21(23)26-16)5-7-25-20-18-15(6-8-24-18)11-14-3-4-17(22)27-19(14)20/h3-6,8,11,13,16H,7,9-10H2,1-2H3/b12-5+/t13-,16+/m0/s1. The summed E-state index contributed by atoms with van der Waals surface area (Å²) < 4.78 is 22.1. The van der Waals surface area contributed by atoms with Crippen molar-refractivity contribution in [3.05, 3.63) is 52.6 Å². The van der Waals surface area contributed by atoms with Crippen molar-refractivity contribution in [1.82, 2.24) is 0 Å². The van der Waals surface area contributed by atoms with Crippen LogP contribution < -0.4 is 10.4 Å². The first kappa shape index (κ1) is 17.4. The van der Waals surface area contributed by atoms with E-state index < -0.39 is 5.63 Å². The smallest absolute Gasteiger partial charge is 0.336 e. The lowest BCUT2D eigenvalue weighted by Gasteiger charge is -2.10. The maximum atomic E-state index is 11.6. The van der Waals surface area contributed by atoms with Gasteiger partial charge >= 0.3 is 11.6 Å². The van der Waals surface area contributed by atoms with Crippen LogP contribution in [0, 0.1) is 5.92 Å². The van der Waals surface area contributed by atoms with Crippen molar-refractivity contribution in [2.75, 3.05) is 6.61 Å². The summed E-state index contributed by atoms with van der Waals surface area (Å²) in [4.78, 5) is 23.1. The van der Waals surface area contributed by atoms with Gasteiger partial charge in [-0.15, -0.1) is 0 Å². The number of fused-ring (bicyclic) bond motifs is 2. The lowest BCUT2D eigenvalue weighted by molar-refractivity contribution is -0.143. The van der Waals surface area contributed by atoms with Crippen LogP contribution in [-0.2, 0) is 9.53 Å². The van der Waals surface area contributed by atoms with Gasteiger partial charge in [0.2, 0.25) is 5.75 Å². The molecule has 0 unspecified atom stereocenters. The number of carbonyl (C=O) groups excluding carboxylic acids is 1. The minimum absolute atomic E-state index is 0.0372. The zero-order valence-corrected chi connectivity index (χ0v) is 15.2. The summed E-state index contributed by atoms with van der Waals surface area (Å²) in [5, 5.41) is 1.64. The molecule has 1 aliphatic heterocycles. The lowest BCUT2D eigenvalue weighted by Crippen LogP contribution is -2.07. The number of benzene rings is 1. The van der Waals surface area contributed by atoms with E-state index in [9.17, 15) is 9.59 Å². The van der Waals surface area contributed by atoms with E-state index >= 15 is 0 Å². The third kappa shape index (κ3) is 3.47. The summed E-state index contributed by atoms with van der Waals surface area (Å²) in [5.41, 5.74) is 1.54. The Morgan fingerprint density at radius 1 is 1.22 bits per heavy atom. The normalized spacial score (nSPS) is 20.4. The van der Waals surface area contributed by atoms with E-state index in [1.165, 1.54) is 6.07 Å². The molecule has 3 aromatic rings. The second kappa shape index (κ2) is 6.95. The number of esters is 1. The molecule has 0 saturated carbocycles. The minimum Gasteiger partial charge on any atom is -0.482 e. The summed E-state index contributed by atoms with van der Waals surface area (Å²) in [6.07, 6.45) is 4.86. The molecular formula is C21H20O6. The molecule has 6 nitrogen and oxygen atoms in total. The predicted molar refractivity (Wildman–Crippen MR) is 99.8 cm³/mol. The molecule has 1 aromatic carbocycles. The Bertz CT molecular complexity index is 1090. The van der Waals surface area contributed by atoms with Gasteiger partial charge in [-0.2, -0.15) is 0 Å². The Morgan fingerprint density at radius 3 is 2.81 bits per heavy atom. The average Bonchev–Trinajstić information content (AvgIpc) is 3.21. The van der Waals surface area contributed by atoms with Crippen molar-refractivity contribution in [2.45, 2.75) is 32.8 Å². The van der Waals surface area contributed by atoms with Crippen LogP contribution in [0.2, 0.25) is 0 Å². The second-order valence-electron chi connectivity index (χ2n) is 6.98. The topological polar surface area (TPSA) is 78.9 Å². The van der Waals surface area contributed by atoms with Gasteiger partial charge in [0.15, 0.2) is 11.2 Å². The Morgan fingerprint density at radius 2 is 2.04 bits per heavy atom. The molecule has 1 saturated heterocycles. The van der Waals surface area contributed by atoms with Crippen LogP contribution in [-0.4, -0.2) is 18.7 Å². The fourth-order valence-corrected chi connectivity index (χ4v) is 3.39. The molecule has 1 fully saturated rings. The molecule has 6 heteroatoms. The van der Waals surface area contributed by atoms with E-state index in [1.807, 2.05) is 32.1 Å². The molecule has 3 heterocycles. The Labute approximate surface area is 155 Å².